The van der Waals surface area contributed by atoms with Crippen molar-refractivity contribution in [2.24, 2.45) is 0 Å². The number of carbonyl (C=O) groups excluding carboxylic acids is 1. The lowest BCUT2D eigenvalue weighted by molar-refractivity contribution is 0.101. The molecule has 0 saturated heterocycles. The molecule has 0 radical (unpaired) electrons. The highest BCUT2D eigenvalue weighted by Crippen LogP contribution is 2.10. The van der Waals surface area contributed by atoms with Gasteiger partial charge in [0.25, 0.3) is 0 Å². The molecule has 2 atom stereocenters. The molecule has 1 heterocycles. The number of hydrogen-bond donors (Lipinski definition) is 0. The third-order valence-electron chi connectivity index (χ3n) is 1.53. The van der Waals surface area contributed by atoms with Gasteiger partial charge < -0.3 is 4.74 Å². The van der Waals surface area contributed by atoms with Crippen LogP contribution in [0.4, 0.5) is 4.39 Å². The van der Waals surface area contributed by atoms with Gasteiger partial charge in [0.05, 0.1) is 0 Å². The van der Waals surface area contributed by atoms with E-state index in [1.165, 1.54) is 13.1 Å². The van der Waals surface area contributed by atoms with Crippen LogP contribution in [0.25, 0.3) is 0 Å². The van der Waals surface area contributed by atoms with E-state index >= 15 is 0 Å². The van der Waals surface area contributed by atoms with Crippen LogP contribution >= 0.6 is 9.24 Å². The summed E-state index contributed by atoms with van der Waals surface area (Å²) in [5, 5.41) is 0. The lowest BCUT2D eigenvalue weighted by Crippen LogP contribution is -2.06. The Balaban J connectivity index is 0.00000106. The van der Waals surface area contributed by atoms with Gasteiger partial charge in [0.2, 0.25) is 5.88 Å². The Hall–Kier alpha value is -1.02. The molecule has 1 rings (SSSR count). The zero-order chi connectivity index (χ0) is 12.6. The summed E-state index contributed by atoms with van der Waals surface area (Å²) < 4.78 is 17.3. The van der Waals surface area contributed by atoms with Gasteiger partial charge >= 0.3 is 0 Å². The van der Waals surface area contributed by atoms with Crippen molar-refractivity contribution in [2.45, 2.75) is 26.7 Å². The SMILES string of the molecule is CC.CC(=O)c1ccc(OCC(F)P)nc1. The molecule has 0 N–H and O–H groups in total. The van der Waals surface area contributed by atoms with Crippen molar-refractivity contribution in [1.29, 1.82) is 0 Å². The minimum absolute atomic E-state index is 0.0570. The number of alkyl halides is 1. The minimum Gasteiger partial charge on any atom is -0.474 e. The highest BCUT2D eigenvalue weighted by molar-refractivity contribution is 7.17. The maximum atomic E-state index is 12.4. The fourth-order valence-electron chi connectivity index (χ4n) is 0.839. The van der Waals surface area contributed by atoms with Gasteiger partial charge in [-0.15, -0.1) is 0 Å². The molecule has 0 aliphatic rings. The molecule has 0 aromatic carbocycles. The van der Waals surface area contributed by atoms with E-state index in [0.29, 0.717) is 11.4 Å². The van der Waals surface area contributed by atoms with Gasteiger partial charge in [0.1, 0.15) is 12.5 Å². The zero-order valence-corrected chi connectivity index (χ0v) is 10.9. The maximum Gasteiger partial charge on any atom is 0.213 e. The van der Waals surface area contributed by atoms with Crippen LogP contribution in [-0.2, 0) is 0 Å². The normalized spacial score (nSPS) is 11.1. The number of hydrogen-bond acceptors (Lipinski definition) is 3. The quantitative estimate of drug-likeness (QED) is 0.604. The smallest absolute Gasteiger partial charge is 0.213 e. The van der Waals surface area contributed by atoms with Gasteiger partial charge in [0, 0.05) is 17.8 Å². The molecule has 1 aromatic heterocycles. The number of rotatable bonds is 4. The first kappa shape index (κ1) is 15.0. The van der Waals surface area contributed by atoms with Crippen LogP contribution in [0.5, 0.6) is 5.88 Å². The molecule has 1 aromatic rings. The van der Waals surface area contributed by atoms with E-state index < -0.39 is 5.91 Å². The lowest BCUT2D eigenvalue weighted by atomic mass is 10.2. The number of Topliss-reactive ketones (excluding diaryl/α,β-unsaturated/α-hetero) is 1. The molecule has 5 heteroatoms. The van der Waals surface area contributed by atoms with Gasteiger partial charge in [-0.3, -0.25) is 4.79 Å². The molecule has 90 valence electrons. The van der Waals surface area contributed by atoms with E-state index in [0.717, 1.165) is 0 Å². The van der Waals surface area contributed by atoms with Crippen LogP contribution in [0.3, 0.4) is 0 Å². The first-order valence-corrected chi connectivity index (χ1v) is 5.75. The summed E-state index contributed by atoms with van der Waals surface area (Å²) in [7, 11) is 1.98. The van der Waals surface area contributed by atoms with Gasteiger partial charge in [-0.1, -0.05) is 23.1 Å². The van der Waals surface area contributed by atoms with Crippen molar-refractivity contribution < 1.29 is 13.9 Å². The summed E-state index contributed by atoms with van der Waals surface area (Å²) in [6, 6.07) is 3.14. The predicted molar refractivity (Wildman–Crippen MR) is 65.7 cm³/mol. The molecule has 0 spiro atoms. The van der Waals surface area contributed by atoms with Gasteiger partial charge in [0.15, 0.2) is 5.78 Å². The van der Waals surface area contributed by atoms with Crippen molar-refractivity contribution in [3.8, 4) is 5.88 Å². The summed E-state index contributed by atoms with van der Waals surface area (Å²) in [5.41, 5.74) is 0.514. The minimum atomic E-state index is -1.11. The molecule has 0 bridgehead atoms. The maximum absolute atomic E-state index is 12.4. The Morgan fingerprint density at radius 1 is 1.56 bits per heavy atom. The van der Waals surface area contributed by atoms with Crippen LogP contribution in [0.15, 0.2) is 18.3 Å². The Morgan fingerprint density at radius 3 is 2.56 bits per heavy atom. The van der Waals surface area contributed by atoms with Crippen LogP contribution < -0.4 is 4.74 Å². The number of nitrogens with zero attached hydrogens (tertiary/aromatic N) is 1. The van der Waals surface area contributed by atoms with E-state index in [9.17, 15) is 9.18 Å². The van der Waals surface area contributed by atoms with E-state index in [4.69, 9.17) is 4.74 Å². The van der Waals surface area contributed by atoms with Crippen LogP contribution in [0, 0.1) is 0 Å². The monoisotopic (exact) mass is 245 g/mol. The van der Waals surface area contributed by atoms with E-state index in [-0.39, 0.29) is 12.4 Å². The number of halogens is 1. The highest BCUT2D eigenvalue weighted by Gasteiger charge is 2.02. The molecule has 16 heavy (non-hydrogen) atoms. The third kappa shape index (κ3) is 5.76. The lowest BCUT2D eigenvalue weighted by Gasteiger charge is -2.05. The fourth-order valence-corrected chi connectivity index (χ4v) is 0.935. The molecule has 0 aliphatic carbocycles. The summed E-state index contributed by atoms with van der Waals surface area (Å²) in [4.78, 5) is 14.7. The summed E-state index contributed by atoms with van der Waals surface area (Å²) in [6.07, 6.45) is 1.41. The first-order chi connectivity index (χ1) is 7.59. The molecule has 3 nitrogen and oxygen atoms in total. The van der Waals surface area contributed by atoms with Crippen molar-refractivity contribution in [3.63, 3.8) is 0 Å². The molecule has 0 amide bonds. The topological polar surface area (TPSA) is 39.2 Å². The number of carbonyl (C=O) groups is 1. The molecular formula is C11H17FNO2P. The van der Waals surface area contributed by atoms with Crippen LogP contribution in [0.1, 0.15) is 31.1 Å². The van der Waals surface area contributed by atoms with Gasteiger partial charge in [-0.2, -0.15) is 0 Å². The first-order valence-electron chi connectivity index (χ1n) is 5.09. The van der Waals surface area contributed by atoms with E-state index in [2.05, 4.69) is 4.98 Å². The van der Waals surface area contributed by atoms with Crippen molar-refractivity contribution in [1.82, 2.24) is 4.98 Å². The van der Waals surface area contributed by atoms with Crippen molar-refractivity contribution in [3.05, 3.63) is 23.9 Å². The fraction of sp³-hybridized carbons (Fsp3) is 0.455. The molecular weight excluding hydrogens is 228 g/mol. The van der Waals surface area contributed by atoms with Crippen LogP contribution in [-0.4, -0.2) is 23.3 Å². The number of aromatic nitrogens is 1. The Kier molecular flexibility index (Phi) is 7.65. The number of pyridine rings is 1. The highest BCUT2D eigenvalue weighted by atomic mass is 31.0. The average molecular weight is 245 g/mol. The van der Waals surface area contributed by atoms with Crippen molar-refractivity contribution in [2.75, 3.05) is 6.61 Å². The Morgan fingerprint density at radius 2 is 2.19 bits per heavy atom. The zero-order valence-electron chi connectivity index (χ0n) is 9.74. The van der Waals surface area contributed by atoms with Gasteiger partial charge in [-0.25, -0.2) is 9.37 Å². The molecule has 0 fully saturated rings. The third-order valence-corrected chi connectivity index (χ3v) is 1.73. The number of ketones is 1. The van der Waals surface area contributed by atoms with Crippen LogP contribution in [0.2, 0.25) is 0 Å². The Bertz CT molecular complexity index is 314. The van der Waals surface area contributed by atoms with Gasteiger partial charge in [-0.05, 0) is 13.0 Å². The second-order valence-corrected chi connectivity index (χ2v) is 3.49. The summed E-state index contributed by atoms with van der Waals surface area (Å²) in [6.45, 7) is 5.40. The largest absolute Gasteiger partial charge is 0.474 e. The second-order valence-electron chi connectivity index (χ2n) is 2.77. The summed E-state index contributed by atoms with van der Waals surface area (Å²) >= 11 is 0. The summed E-state index contributed by atoms with van der Waals surface area (Å²) in [5.74, 6) is -0.845. The standard InChI is InChI=1S/C9H11FNO2P.C2H6/c1-6(12)7-2-3-9(11-4-7)13-5-8(10)14;1-2/h2-4,8H,5,14H2,1H3;1-2H3. The molecule has 0 saturated carbocycles. The average Bonchev–Trinajstić information content (AvgIpc) is 2.29. The van der Waals surface area contributed by atoms with E-state index in [1.54, 1.807) is 12.1 Å². The second kappa shape index (κ2) is 8.17. The Labute approximate surface area is 97.6 Å². The predicted octanol–water partition coefficient (Wildman–Crippen LogP) is 2.86. The number of ether oxygens (including phenoxy) is 1. The molecule has 2 unspecified atom stereocenters. The van der Waals surface area contributed by atoms with Crippen molar-refractivity contribution >= 4 is 15.0 Å². The van der Waals surface area contributed by atoms with E-state index in [1.807, 2.05) is 23.1 Å². The molecule has 0 aliphatic heterocycles.